The zero-order valence-corrected chi connectivity index (χ0v) is 24.2. The maximum atomic E-state index is 10.5. The summed E-state index contributed by atoms with van der Waals surface area (Å²) in [4.78, 5) is 2.48. The maximum absolute atomic E-state index is 10.5. The Morgan fingerprint density at radius 3 is 1.95 bits per heavy atom. The van der Waals surface area contributed by atoms with Crippen LogP contribution in [0.3, 0.4) is 0 Å². The van der Waals surface area contributed by atoms with Gasteiger partial charge < -0.3 is 18.9 Å². The monoisotopic (exact) mass is 530 g/mol. The highest BCUT2D eigenvalue weighted by Gasteiger charge is 2.36. The number of nitrogens with zero attached hydrogens (tertiary/aromatic N) is 2. The Bertz CT molecular complexity index is 1220. The molecule has 0 spiro atoms. The van der Waals surface area contributed by atoms with E-state index < -0.39 is 5.41 Å². The molecule has 0 amide bonds. The van der Waals surface area contributed by atoms with Crippen molar-refractivity contribution in [3.8, 4) is 29.1 Å². The lowest BCUT2D eigenvalue weighted by molar-refractivity contribution is 0.246. The molecule has 0 aliphatic rings. The molecule has 3 aromatic carbocycles. The quantitative estimate of drug-likeness (QED) is 0.219. The summed E-state index contributed by atoms with van der Waals surface area (Å²) in [6.45, 7) is 6.87. The first-order chi connectivity index (χ1) is 18.9. The highest BCUT2D eigenvalue weighted by atomic mass is 16.5. The molecule has 0 saturated heterocycles. The predicted molar refractivity (Wildman–Crippen MR) is 156 cm³/mol. The summed E-state index contributed by atoms with van der Waals surface area (Å²) < 4.78 is 21.9. The summed E-state index contributed by atoms with van der Waals surface area (Å²) in [5.41, 5.74) is 2.82. The second-order valence-electron chi connectivity index (χ2n) is 10.1. The van der Waals surface area contributed by atoms with Gasteiger partial charge in [0.25, 0.3) is 0 Å². The molecule has 208 valence electrons. The number of nitriles is 1. The van der Waals surface area contributed by atoms with E-state index in [1.165, 1.54) is 11.1 Å². The number of hydrogen-bond donors (Lipinski definition) is 0. The van der Waals surface area contributed by atoms with Gasteiger partial charge in [-0.1, -0.05) is 56.3 Å². The van der Waals surface area contributed by atoms with Gasteiger partial charge in [0.05, 0.1) is 39.9 Å². The average Bonchev–Trinajstić information content (AvgIpc) is 2.97. The van der Waals surface area contributed by atoms with Crippen molar-refractivity contribution in [2.45, 2.75) is 45.1 Å². The lowest BCUT2D eigenvalue weighted by Crippen LogP contribution is -2.33. The summed E-state index contributed by atoms with van der Waals surface area (Å²) in [5, 5.41) is 10.5. The molecule has 3 aromatic rings. The molecular formula is C33H42N2O4. The van der Waals surface area contributed by atoms with Crippen LogP contribution in [0.1, 0.15) is 43.4 Å². The third-order valence-corrected chi connectivity index (χ3v) is 7.54. The Hall–Kier alpha value is -3.69. The van der Waals surface area contributed by atoms with Crippen LogP contribution in [-0.4, -0.2) is 46.4 Å². The molecule has 0 fully saturated rings. The molecule has 1 atom stereocenters. The fourth-order valence-corrected chi connectivity index (χ4v) is 5.15. The van der Waals surface area contributed by atoms with E-state index in [1.54, 1.807) is 28.4 Å². The topological polar surface area (TPSA) is 64.0 Å². The van der Waals surface area contributed by atoms with Crippen molar-refractivity contribution in [1.82, 2.24) is 4.90 Å². The van der Waals surface area contributed by atoms with Crippen molar-refractivity contribution in [1.29, 1.82) is 5.26 Å². The van der Waals surface area contributed by atoms with Crippen LogP contribution in [0, 0.1) is 17.2 Å². The normalized spacial score (nSPS) is 12.6. The van der Waals surface area contributed by atoms with E-state index in [0.717, 1.165) is 56.0 Å². The van der Waals surface area contributed by atoms with E-state index in [4.69, 9.17) is 18.9 Å². The molecule has 0 N–H and O–H groups in total. The van der Waals surface area contributed by atoms with Gasteiger partial charge in [-0.2, -0.15) is 5.26 Å². The number of hydrogen-bond acceptors (Lipinski definition) is 6. The van der Waals surface area contributed by atoms with Crippen LogP contribution in [0.25, 0.3) is 0 Å². The largest absolute Gasteiger partial charge is 0.493 e. The molecule has 0 aliphatic carbocycles. The average molecular weight is 531 g/mol. The fourth-order valence-electron chi connectivity index (χ4n) is 5.15. The smallest absolute Gasteiger partial charge is 0.161 e. The number of ether oxygens (including phenoxy) is 4. The first kappa shape index (κ1) is 29.9. The highest BCUT2D eigenvalue weighted by Crippen LogP contribution is 2.40. The summed E-state index contributed by atoms with van der Waals surface area (Å²) in [5.74, 6) is 2.93. The molecular weight excluding hydrogens is 488 g/mol. The predicted octanol–water partition coefficient (Wildman–Crippen LogP) is 6.66. The van der Waals surface area contributed by atoms with Crippen LogP contribution < -0.4 is 18.9 Å². The van der Waals surface area contributed by atoms with Gasteiger partial charge in [-0.25, -0.2) is 0 Å². The molecule has 0 bridgehead atoms. The van der Waals surface area contributed by atoms with Crippen molar-refractivity contribution < 1.29 is 18.9 Å². The molecule has 3 rings (SSSR count). The second kappa shape index (κ2) is 14.5. The van der Waals surface area contributed by atoms with Gasteiger partial charge in [-0.15, -0.1) is 0 Å². The Kier molecular flexibility index (Phi) is 11.1. The molecule has 39 heavy (non-hydrogen) atoms. The number of benzene rings is 3. The van der Waals surface area contributed by atoms with Crippen molar-refractivity contribution in [2.24, 2.45) is 5.92 Å². The van der Waals surface area contributed by atoms with E-state index in [2.05, 4.69) is 61.2 Å². The van der Waals surface area contributed by atoms with Crippen molar-refractivity contribution in [3.05, 3.63) is 83.4 Å². The molecule has 6 nitrogen and oxygen atoms in total. The minimum absolute atomic E-state index is 0.134. The SMILES string of the molecule is COc1ccc(CCN(CCCC(C#N)(c2ccc(OC)c(OC)c2)C(C)C)Cc2ccccc2)cc1OC. The van der Waals surface area contributed by atoms with Gasteiger partial charge >= 0.3 is 0 Å². The van der Waals surface area contributed by atoms with Crippen LogP contribution in [-0.2, 0) is 18.4 Å². The van der Waals surface area contributed by atoms with Crippen molar-refractivity contribution >= 4 is 0 Å². The molecule has 6 heteroatoms. The van der Waals surface area contributed by atoms with Crippen LogP contribution in [0.5, 0.6) is 23.0 Å². The zero-order valence-electron chi connectivity index (χ0n) is 24.2. The van der Waals surface area contributed by atoms with Crippen molar-refractivity contribution in [2.75, 3.05) is 41.5 Å². The standard InChI is InChI=1S/C33H42N2O4/c1-25(2)33(24-34,28-14-16-30(37-4)32(22-28)39-6)18-10-19-35(23-27-11-8-7-9-12-27)20-17-26-13-15-29(36-3)31(21-26)38-5/h7-9,11-16,21-22,25H,10,17-20,23H2,1-6H3. The molecule has 0 aromatic heterocycles. The lowest BCUT2D eigenvalue weighted by Gasteiger charge is -2.33. The Balaban J connectivity index is 1.77. The van der Waals surface area contributed by atoms with E-state index in [0.29, 0.717) is 11.5 Å². The minimum Gasteiger partial charge on any atom is -0.493 e. The second-order valence-corrected chi connectivity index (χ2v) is 10.1. The van der Waals surface area contributed by atoms with Gasteiger partial charge in [-0.05, 0) is 72.7 Å². The van der Waals surface area contributed by atoms with Crippen LogP contribution in [0.2, 0.25) is 0 Å². The van der Waals surface area contributed by atoms with E-state index in [-0.39, 0.29) is 5.92 Å². The Labute approximate surface area is 234 Å². The molecule has 0 aliphatic heterocycles. The van der Waals surface area contributed by atoms with E-state index in [9.17, 15) is 5.26 Å². The minimum atomic E-state index is -0.624. The molecule has 1 unspecified atom stereocenters. The lowest BCUT2D eigenvalue weighted by atomic mass is 9.69. The van der Waals surface area contributed by atoms with Gasteiger partial charge in [0.1, 0.15) is 0 Å². The van der Waals surface area contributed by atoms with Gasteiger partial charge in [-0.3, -0.25) is 4.90 Å². The molecule has 0 heterocycles. The zero-order chi connectivity index (χ0) is 28.3. The van der Waals surface area contributed by atoms with Crippen LogP contribution in [0.15, 0.2) is 66.7 Å². The Morgan fingerprint density at radius 1 is 0.744 bits per heavy atom. The van der Waals surface area contributed by atoms with Crippen LogP contribution in [0.4, 0.5) is 0 Å². The summed E-state index contributed by atoms with van der Waals surface area (Å²) in [6.07, 6.45) is 2.52. The van der Waals surface area contributed by atoms with Gasteiger partial charge in [0.15, 0.2) is 23.0 Å². The molecule has 0 saturated carbocycles. The van der Waals surface area contributed by atoms with Crippen molar-refractivity contribution in [3.63, 3.8) is 0 Å². The fraction of sp³-hybridized carbons (Fsp3) is 0.424. The highest BCUT2D eigenvalue weighted by molar-refractivity contribution is 5.47. The van der Waals surface area contributed by atoms with Gasteiger partial charge in [0, 0.05) is 13.1 Å². The first-order valence-corrected chi connectivity index (χ1v) is 13.5. The Morgan fingerprint density at radius 2 is 1.36 bits per heavy atom. The van der Waals surface area contributed by atoms with E-state index in [1.807, 2.05) is 30.3 Å². The first-order valence-electron chi connectivity index (χ1n) is 13.5. The summed E-state index contributed by atoms with van der Waals surface area (Å²) >= 11 is 0. The maximum Gasteiger partial charge on any atom is 0.161 e. The summed E-state index contributed by atoms with van der Waals surface area (Å²) in [7, 11) is 6.57. The number of methoxy groups -OCH3 is 4. The number of rotatable bonds is 15. The van der Waals surface area contributed by atoms with Crippen LogP contribution >= 0.6 is 0 Å². The van der Waals surface area contributed by atoms with Gasteiger partial charge in [0.2, 0.25) is 0 Å². The third kappa shape index (κ3) is 7.46. The summed E-state index contributed by atoms with van der Waals surface area (Å²) in [6, 6.07) is 25.2. The van der Waals surface area contributed by atoms with E-state index >= 15 is 0 Å². The molecule has 0 radical (unpaired) electrons. The third-order valence-electron chi connectivity index (χ3n) is 7.54.